The van der Waals surface area contributed by atoms with Gasteiger partial charge in [-0.1, -0.05) is 43.5 Å². The van der Waals surface area contributed by atoms with Crippen molar-refractivity contribution < 1.29 is 27.8 Å². The number of ether oxygens (including phenoxy) is 1. The summed E-state index contributed by atoms with van der Waals surface area (Å²) in [4.78, 5) is 12.8. The molecule has 0 atom stereocenters. The summed E-state index contributed by atoms with van der Waals surface area (Å²) in [5.41, 5.74) is 1.57. The average molecular weight is 462 g/mol. The van der Waals surface area contributed by atoms with E-state index in [4.69, 9.17) is 9.84 Å². The van der Waals surface area contributed by atoms with E-state index in [-0.39, 0.29) is 18.9 Å². The molecule has 1 aliphatic heterocycles. The van der Waals surface area contributed by atoms with E-state index < -0.39 is 17.7 Å². The third-order valence-corrected chi connectivity index (χ3v) is 6.82. The Hall–Kier alpha value is -2.54. The quantitative estimate of drug-likeness (QED) is 0.508. The Morgan fingerprint density at radius 3 is 2.33 bits per heavy atom. The van der Waals surface area contributed by atoms with Crippen molar-refractivity contribution >= 4 is 5.97 Å². The van der Waals surface area contributed by atoms with Crippen LogP contribution in [0, 0.1) is 0 Å². The summed E-state index contributed by atoms with van der Waals surface area (Å²) in [6.07, 6.45) is 0.510. The zero-order valence-electron chi connectivity index (χ0n) is 18.6. The summed E-state index contributed by atoms with van der Waals surface area (Å²) in [6, 6.07) is 12.3. The molecule has 2 aromatic rings. The van der Waals surface area contributed by atoms with E-state index in [0.29, 0.717) is 29.3 Å². The molecule has 0 spiro atoms. The molecule has 0 radical (unpaired) electrons. The first-order chi connectivity index (χ1) is 15.8. The number of carboxylic acid groups (broad SMARTS) is 1. The van der Waals surface area contributed by atoms with Crippen LogP contribution in [0.2, 0.25) is 0 Å². The second-order valence-corrected chi connectivity index (χ2v) is 9.21. The predicted octanol–water partition coefficient (Wildman–Crippen LogP) is 6.21. The van der Waals surface area contributed by atoms with Crippen LogP contribution in [0.15, 0.2) is 42.5 Å². The monoisotopic (exact) mass is 461 g/mol. The number of carbonyl (C=O) groups is 1. The molecule has 7 heteroatoms. The van der Waals surface area contributed by atoms with Gasteiger partial charge in [0.2, 0.25) is 0 Å². The molecule has 1 saturated heterocycles. The van der Waals surface area contributed by atoms with Crippen LogP contribution < -0.4 is 4.74 Å². The maximum Gasteiger partial charge on any atom is 0.416 e. The van der Waals surface area contributed by atoms with E-state index in [0.717, 1.165) is 50.8 Å². The van der Waals surface area contributed by atoms with Crippen molar-refractivity contribution in [3.8, 4) is 5.75 Å². The van der Waals surface area contributed by atoms with Gasteiger partial charge in [0.15, 0.2) is 0 Å². The van der Waals surface area contributed by atoms with E-state index >= 15 is 0 Å². The Morgan fingerprint density at radius 1 is 1.00 bits per heavy atom. The number of hydrogen-bond acceptors (Lipinski definition) is 3. The van der Waals surface area contributed by atoms with Crippen molar-refractivity contribution in [3.63, 3.8) is 0 Å². The number of rotatable bonds is 8. The molecule has 1 heterocycles. The van der Waals surface area contributed by atoms with Crippen molar-refractivity contribution in [2.24, 2.45) is 0 Å². The SMILES string of the molecule is O=C(O)CCN1CC(c2ccc(OCc3ccc(C4CCCCC4)c(C(F)(F)F)c3)cc2)C1. The second-order valence-electron chi connectivity index (χ2n) is 9.21. The first-order valence-electron chi connectivity index (χ1n) is 11.7. The van der Waals surface area contributed by atoms with Crippen molar-refractivity contribution in [3.05, 3.63) is 64.7 Å². The van der Waals surface area contributed by atoms with Gasteiger partial charge in [-0.15, -0.1) is 0 Å². The topological polar surface area (TPSA) is 49.8 Å². The number of carboxylic acids is 1. The molecule has 0 bridgehead atoms. The Labute approximate surface area is 192 Å². The van der Waals surface area contributed by atoms with E-state index in [2.05, 4.69) is 4.90 Å². The molecule has 4 nitrogen and oxygen atoms in total. The van der Waals surface area contributed by atoms with Gasteiger partial charge >= 0.3 is 12.1 Å². The van der Waals surface area contributed by atoms with Crippen LogP contribution in [0.25, 0.3) is 0 Å². The highest BCUT2D eigenvalue weighted by molar-refractivity contribution is 5.66. The van der Waals surface area contributed by atoms with Gasteiger partial charge in [0, 0.05) is 25.6 Å². The molecular weight excluding hydrogens is 431 g/mol. The lowest BCUT2D eigenvalue weighted by Gasteiger charge is -2.39. The van der Waals surface area contributed by atoms with Crippen LogP contribution >= 0.6 is 0 Å². The van der Waals surface area contributed by atoms with Gasteiger partial charge in [0.05, 0.1) is 12.0 Å². The lowest BCUT2D eigenvalue weighted by Crippen LogP contribution is -2.45. The summed E-state index contributed by atoms with van der Waals surface area (Å²) >= 11 is 0. The third kappa shape index (κ3) is 6.08. The van der Waals surface area contributed by atoms with Gasteiger partial charge in [-0.2, -0.15) is 13.2 Å². The van der Waals surface area contributed by atoms with Crippen molar-refractivity contribution in [1.82, 2.24) is 4.90 Å². The number of halogens is 3. The lowest BCUT2D eigenvalue weighted by atomic mass is 9.81. The molecule has 0 amide bonds. The summed E-state index contributed by atoms with van der Waals surface area (Å²) in [5, 5.41) is 8.76. The highest BCUT2D eigenvalue weighted by Crippen LogP contribution is 2.41. The first kappa shape index (κ1) is 23.6. The highest BCUT2D eigenvalue weighted by Gasteiger charge is 2.36. The van der Waals surface area contributed by atoms with Crippen LogP contribution in [0.1, 0.15) is 72.6 Å². The Morgan fingerprint density at radius 2 is 1.70 bits per heavy atom. The summed E-state index contributed by atoms with van der Waals surface area (Å²) in [5.74, 6) is 0.190. The predicted molar refractivity (Wildman–Crippen MR) is 119 cm³/mol. The molecule has 1 saturated carbocycles. The van der Waals surface area contributed by atoms with Gasteiger partial charge in [0.25, 0.3) is 0 Å². The van der Waals surface area contributed by atoms with E-state index in [9.17, 15) is 18.0 Å². The summed E-state index contributed by atoms with van der Waals surface area (Å²) < 4.78 is 47.0. The maximum absolute atomic E-state index is 13.7. The number of benzene rings is 2. The largest absolute Gasteiger partial charge is 0.489 e. The van der Waals surface area contributed by atoms with Gasteiger partial charge in [-0.05, 0) is 53.6 Å². The summed E-state index contributed by atoms with van der Waals surface area (Å²) in [7, 11) is 0. The molecule has 2 fully saturated rings. The van der Waals surface area contributed by atoms with Gasteiger partial charge in [-0.25, -0.2) is 0 Å². The molecule has 33 heavy (non-hydrogen) atoms. The van der Waals surface area contributed by atoms with Crippen LogP contribution in [0.3, 0.4) is 0 Å². The number of alkyl halides is 3. The minimum atomic E-state index is -4.37. The molecular formula is C26H30F3NO3. The van der Waals surface area contributed by atoms with Gasteiger partial charge in [0.1, 0.15) is 12.4 Å². The Kier molecular flexibility index (Phi) is 7.27. The minimum absolute atomic E-state index is 0.00977. The zero-order valence-corrected chi connectivity index (χ0v) is 18.6. The van der Waals surface area contributed by atoms with E-state index in [1.807, 2.05) is 24.3 Å². The molecule has 0 unspecified atom stereocenters. The average Bonchev–Trinajstić information content (AvgIpc) is 2.77. The van der Waals surface area contributed by atoms with Crippen LogP contribution in [0.4, 0.5) is 13.2 Å². The fraction of sp³-hybridized carbons (Fsp3) is 0.500. The minimum Gasteiger partial charge on any atom is -0.489 e. The second kappa shape index (κ2) is 10.2. The van der Waals surface area contributed by atoms with Crippen LogP contribution in [0.5, 0.6) is 5.75 Å². The number of nitrogens with zero attached hydrogens (tertiary/aromatic N) is 1. The van der Waals surface area contributed by atoms with Crippen molar-refractivity contribution in [2.75, 3.05) is 19.6 Å². The Balaban J connectivity index is 1.34. The van der Waals surface area contributed by atoms with Crippen LogP contribution in [-0.2, 0) is 17.6 Å². The molecule has 0 aromatic heterocycles. The first-order valence-corrected chi connectivity index (χ1v) is 11.7. The van der Waals surface area contributed by atoms with Crippen molar-refractivity contribution in [1.29, 1.82) is 0 Å². The fourth-order valence-corrected chi connectivity index (χ4v) is 4.93. The van der Waals surface area contributed by atoms with Crippen molar-refractivity contribution in [2.45, 2.75) is 63.1 Å². The van der Waals surface area contributed by atoms with Gasteiger partial charge in [-0.3, -0.25) is 4.79 Å². The normalized spacial score (nSPS) is 18.2. The van der Waals surface area contributed by atoms with E-state index in [1.165, 1.54) is 6.07 Å². The fourth-order valence-electron chi connectivity index (χ4n) is 4.93. The molecule has 4 rings (SSSR count). The standard InChI is InChI=1S/C26H30F3NO3/c27-26(28,29)24-14-18(6-11-23(24)20-4-2-1-3-5-20)17-33-22-9-7-19(8-10-22)21-15-30(16-21)13-12-25(31)32/h6-11,14,20-21H,1-5,12-13,15-17H2,(H,31,32). The zero-order chi connectivity index (χ0) is 23.4. The lowest BCUT2D eigenvalue weighted by molar-refractivity contribution is -0.139. The Bertz CT molecular complexity index is 946. The molecule has 2 aromatic carbocycles. The highest BCUT2D eigenvalue weighted by atomic mass is 19.4. The number of hydrogen-bond donors (Lipinski definition) is 1. The van der Waals surface area contributed by atoms with E-state index in [1.54, 1.807) is 12.1 Å². The van der Waals surface area contributed by atoms with Crippen LogP contribution in [-0.4, -0.2) is 35.6 Å². The molecule has 1 N–H and O–H groups in total. The summed E-state index contributed by atoms with van der Waals surface area (Å²) in [6.45, 7) is 2.31. The molecule has 178 valence electrons. The third-order valence-electron chi connectivity index (χ3n) is 6.82. The number of aliphatic carboxylic acids is 1. The maximum atomic E-state index is 13.7. The van der Waals surface area contributed by atoms with Gasteiger partial charge < -0.3 is 14.7 Å². The smallest absolute Gasteiger partial charge is 0.416 e. The molecule has 1 aliphatic carbocycles. The molecule has 2 aliphatic rings. The number of likely N-dealkylation sites (tertiary alicyclic amines) is 1.